The minimum Gasteiger partial charge on any atom is -0.344 e. The van der Waals surface area contributed by atoms with Gasteiger partial charge in [0.2, 0.25) is 10.0 Å². The van der Waals surface area contributed by atoms with Crippen molar-refractivity contribution in [3.05, 3.63) is 54.0 Å². The summed E-state index contributed by atoms with van der Waals surface area (Å²) in [6, 6.07) is 11.9. The van der Waals surface area contributed by atoms with Crippen LogP contribution in [0.4, 0.5) is 10.1 Å². The van der Waals surface area contributed by atoms with Crippen LogP contribution < -0.4 is 4.72 Å². The molecule has 0 spiro atoms. The highest BCUT2D eigenvalue weighted by atomic mass is 32.2. The number of benzene rings is 2. The molecule has 0 fully saturated rings. The van der Waals surface area contributed by atoms with Gasteiger partial charge >= 0.3 is 0 Å². The molecule has 0 aliphatic rings. The summed E-state index contributed by atoms with van der Waals surface area (Å²) >= 11 is 0. The first-order chi connectivity index (χ1) is 12.7. The van der Waals surface area contributed by atoms with E-state index in [4.69, 9.17) is 5.26 Å². The fraction of sp³-hybridized carbons (Fsp3) is 0.250. The summed E-state index contributed by atoms with van der Waals surface area (Å²) in [5, 5.41) is 9.82. The van der Waals surface area contributed by atoms with Crippen molar-refractivity contribution in [2.75, 3.05) is 11.0 Å². The van der Waals surface area contributed by atoms with Gasteiger partial charge in [0, 0.05) is 23.2 Å². The van der Waals surface area contributed by atoms with Crippen molar-refractivity contribution in [2.45, 2.75) is 26.3 Å². The molecule has 0 unspecified atom stereocenters. The van der Waals surface area contributed by atoms with E-state index in [0.29, 0.717) is 11.3 Å². The average molecular weight is 385 g/mol. The Labute approximate surface area is 158 Å². The van der Waals surface area contributed by atoms with Gasteiger partial charge in [-0.05, 0) is 43.2 Å². The fourth-order valence-corrected chi connectivity index (χ4v) is 3.65. The van der Waals surface area contributed by atoms with Gasteiger partial charge in [0.15, 0.2) is 0 Å². The largest absolute Gasteiger partial charge is 0.344 e. The quantitative estimate of drug-likeness (QED) is 0.694. The Balaban J connectivity index is 2.22. The molecule has 0 saturated heterocycles. The maximum Gasteiger partial charge on any atom is 0.229 e. The van der Waals surface area contributed by atoms with E-state index in [1.165, 1.54) is 12.1 Å². The van der Waals surface area contributed by atoms with Crippen LogP contribution in [-0.4, -0.2) is 19.2 Å². The molecule has 0 amide bonds. The van der Waals surface area contributed by atoms with Crippen molar-refractivity contribution in [3.8, 4) is 17.2 Å². The zero-order valence-corrected chi connectivity index (χ0v) is 16.1. The lowest BCUT2D eigenvalue weighted by atomic mass is 10.0. The summed E-state index contributed by atoms with van der Waals surface area (Å²) in [5.41, 5.74) is 2.84. The number of nitrogens with one attached hydrogen (secondary N) is 1. The van der Waals surface area contributed by atoms with Gasteiger partial charge in [-0.3, -0.25) is 4.72 Å². The number of aromatic nitrogens is 1. The summed E-state index contributed by atoms with van der Waals surface area (Å²) in [5.74, 6) is -0.560. The van der Waals surface area contributed by atoms with E-state index in [0.717, 1.165) is 29.1 Å². The highest BCUT2D eigenvalue weighted by Gasteiger charge is 2.16. The molecule has 1 N–H and O–H groups in total. The first kappa shape index (κ1) is 18.9. The smallest absolute Gasteiger partial charge is 0.229 e. The van der Waals surface area contributed by atoms with Crippen LogP contribution in [0.1, 0.15) is 31.9 Å². The number of nitrogens with zero attached hydrogens (tertiary/aromatic N) is 2. The Bertz CT molecular complexity index is 1160. The van der Waals surface area contributed by atoms with Gasteiger partial charge in [-0.25, -0.2) is 12.8 Å². The van der Waals surface area contributed by atoms with Crippen LogP contribution in [0.25, 0.3) is 22.0 Å². The average Bonchev–Trinajstić information content (AvgIpc) is 2.98. The second-order valence-electron chi connectivity index (χ2n) is 6.62. The Morgan fingerprint density at radius 2 is 2.00 bits per heavy atom. The van der Waals surface area contributed by atoms with Crippen molar-refractivity contribution in [3.63, 3.8) is 0 Å². The molecule has 1 atom stereocenters. The van der Waals surface area contributed by atoms with Gasteiger partial charge < -0.3 is 4.57 Å². The van der Waals surface area contributed by atoms with E-state index in [2.05, 4.69) is 23.1 Å². The third-order valence-electron chi connectivity index (χ3n) is 4.60. The molecule has 3 rings (SSSR count). The van der Waals surface area contributed by atoms with E-state index in [-0.39, 0.29) is 11.6 Å². The van der Waals surface area contributed by atoms with Crippen molar-refractivity contribution >= 4 is 26.6 Å². The third-order valence-corrected chi connectivity index (χ3v) is 5.21. The van der Waals surface area contributed by atoms with Gasteiger partial charge in [-0.15, -0.1) is 0 Å². The predicted octanol–water partition coefficient (Wildman–Crippen LogP) is 4.66. The molecule has 27 heavy (non-hydrogen) atoms. The maximum atomic E-state index is 14.1. The standard InChI is InChI=1S/C20H20FN3O2S/c1-4-13(2)24-12-18(14-5-6-15(11-22)19(21)9-14)17-8-7-16(10-20(17)24)23-27(3,25)26/h5-10,12-13,23H,4H2,1-3H3/t13-/m0/s1. The van der Waals surface area contributed by atoms with Crippen molar-refractivity contribution in [1.29, 1.82) is 5.26 Å². The molecule has 0 bridgehead atoms. The number of nitriles is 1. The Morgan fingerprint density at radius 3 is 2.59 bits per heavy atom. The van der Waals surface area contributed by atoms with Crippen LogP contribution in [0, 0.1) is 17.1 Å². The minimum atomic E-state index is -3.38. The lowest BCUT2D eigenvalue weighted by Crippen LogP contribution is -2.09. The Hall–Kier alpha value is -2.85. The van der Waals surface area contributed by atoms with Gasteiger partial charge in [-0.2, -0.15) is 5.26 Å². The molecule has 2 aromatic carbocycles. The second kappa shape index (κ2) is 7.05. The minimum absolute atomic E-state index is 0.00375. The SMILES string of the molecule is CC[C@H](C)n1cc(-c2ccc(C#N)c(F)c2)c2ccc(NS(C)(=O)=O)cc21. The Morgan fingerprint density at radius 1 is 1.26 bits per heavy atom. The van der Waals surface area contributed by atoms with Crippen LogP contribution in [0.2, 0.25) is 0 Å². The van der Waals surface area contributed by atoms with Crippen molar-refractivity contribution in [2.24, 2.45) is 0 Å². The summed E-state index contributed by atoms with van der Waals surface area (Å²) in [7, 11) is -3.38. The number of hydrogen-bond acceptors (Lipinski definition) is 3. The first-order valence-corrected chi connectivity index (χ1v) is 10.4. The summed E-state index contributed by atoms with van der Waals surface area (Å²) < 4.78 is 41.8. The number of hydrogen-bond donors (Lipinski definition) is 1. The molecule has 3 aromatic rings. The zero-order valence-electron chi connectivity index (χ0n) is 15.3. The highest BCUT2D eigenvalue weighted by Crippen LogP contribution is 2.35. The van der Waals surface area contributed by atoms with E-state index >= 15 is 0 Å². The molecule has 140 valence electrons. The second-order valence-corrected chi connectivity index (χ2v) is 8.37. The number of rotatable bonds is 5. The lowest BCUT2D eigenvalue weighted by molar-refractivity contribution is 0.548. The third kappa shape index (κ3) is 3.81. The van der Waals surface area contributed by atoms with E-state index in [9.17, 15) is 12.8 Å². The van der Waals surface area contributed by atoms with E-state index in [1.807, 2.05) is 18.3 Å². The van der Waals surface area contributed by atoms with E-state index in [1.54, 1.807) is 18.2 Å². The summed E-state index contributed by atoms with van der Waals surface area (Å²) in [6.45, 7) is 4.13. The van der Waals surface area contributed by atoms with Crippen LogP contribution in [-0.2, 0) is 10.0 Å². The number of halogens is 1. The predicted molar refractivity (Wildman–Crippen MR) is 106 cm³/mol. The normalized spacial score (nSPS) is 12.7. The Kier molecular flexibility index (Phi) is 4.94. The molecule has 7 heteroatoms. The fourth-order valence-electron chi connectivity index (χ4n) is 3.09. The number of anilines is 1. The first-order valence-electron chi connectivity index (χ1n) is 8.56. The zero-order chi connectivity index (χ0) is 19.8. The van der Waals surface area contributed by atoms with Crippen LogP contribution in [0.5, 0.6) is 0 Å². The highest BCUT2D eigenvalue weighted by molar-refractivity contribution is 7.92. The maximum absolute atomic E-state index is 14.1. The number of fused-ring (bicyclic) bond motifs is 1. The topological polar surface area (TPSA) is 74.9 Å². The molecule has 0 aliphatic heterocycles. The van der Waals surface area contributed by atoms with Gasteiger partial charge in [0.1, 0.15) is 11.9 Å². The van der Waals surface area contributed by atoms with Gasteiger partial charge in [0.25, 0.3) is 0 Å². The van der Waals surface area contributed by atoms with Crippen LogP contribution in [0.15, 0.2) is 42.6 Å². The van der Waals surface area contributed by atoms with Gasteiger partial charge in [-0.1, -0.05) is 19.1 Å². The summed E-state index contributed by atoms with van der Waals surface area (Å²) in [6.07, 6.45) is 3.94. The monoisotopic (exact) mass is 385 g/mol. The molecule has 0 saturated carbocycles. The molecule has 0 radical (unpaired) electrons. The van der Waals surface area contributed by atoms with Crippen LogP contribution >= 0.6 is 0 Å². The molecular formula is C20H20FN3O2S. The molecule has 1 aromatic heterocycles. The van der Waals surface area contributed by atoms with Crippen LogP contribution in [0.3, 0.4) is 0 Å². The molecule has 0 aliphatic carbocycles. The molecular weight excluding hydrogens is 365 g/mol. The molecule has 5 nitrogen and oxygen atoms in total. The van der Waals surface area contributed by atoms with Crippen molar-refractivity contribution < 1.29 is 12.8 Å². The lowest BCUT2D eigenvalue weighted by Gasteiger charge is -2.13. The van der Waals surface area contributed by atoms with Crippen molar-refractivity contribution in [1.82, 2.24) is 4.57 Å². The molecule has 1 heterocycles. The number of sulfonamides is 1. The summed E-state index contributed by atoms with van der Waals surface area (Å²) in [4.78, 5) is 0. The van der Waals surface area contributed by atoms with E-state index < -0.39 is 15.8 Å². The van der Waals surface area contributed by atoms with Gasteiger partial charge in [0.05, 0.1) is 23.0 Å².